The Bertz CT molecular complexity index is 1500. The zero-order chi connectivity index (χ0) is 25.4. The van der Waals surface area contributed by atoms with E-state index in [0.717, 1.165) is 4.57 Å². The van der Waals surface area contributed by atoms with Gasteiger partial charge in [0.05, 0.1) is 30.8 Å². The number of rotatable bonds is 6. The molecule has 36 heavy (non-hydrogen) atoms. The summed E-state index contributed by atoms with van der Waals surface area (Å²) in [7, 11) is 0. The van der Waals surface area contributed by atoms with Crippen LogP contribution in [0.3, 0.4) is 0 Å². The highest BCUT2D eigenvalue weighted by atomic mass is 19.3. The predicted octanol–water partition coefficient (Wildman–Crippen LogP) is 2.52. The van der Waals surface area contributed by atoms with E-state index in [1.54, 1.807) is 35.3 Å². The summed E-state index contributed by atoms with van der Waals surface area (Å²) in [6, 6.07) is 7.38. The molecule has 3 N–H and O–H groups in total. The average Bonchev–Trinajstić information content (AvgIpc) is 3.30. The average molecular weight is 498 g/mol. The van der Waals surface area contributed by atoms with Crippen molar-refractivity contribution in [3.63, 3.8) is 0 Å². The molecule has 0 saturated heterocycles. The van der Waals surface area contributed by atoms with Crippen molar-refractivity contribution in [1.29, 1.82) is 0 Å². The number of hydrogen-bond donors (Lipinski definition) is 3. The van der Waals surface area contributed by atoms with E-state index < -0.39 is 47.6 Å². The number of halogens is 3. The Morgan fingerprint density at radius 3 is 2.75 bits per heavy atom. The van der Waals surface area contributed by atoms with E-state index in [2.05, 4.69) is 20.7 Å². The summed E-state index contributed by atoms with van der Waals surface area (Å²) in [4.78, 5) is 30.4. The van der Waals surface area contributed by atoms with E-state index >= 15 is 0 Å². The second-order valence-electron chi connectivity index (χ2n) is 8.51. The summed E-state index contributed by atoms with van der Waals surface area (Å²) in [6.45, 7) is -1.38. The topological polar surface area (TPSA) is 114 Å². The van der Waals surface area contributed by atoms with Crippen LogP contribution in [0.5, 0.6) is 5.75 Å². The van der Waals surface area contributed by atoms with E-state index in [4.69, 9.17) is 0 Å². The van der Waals surface area contributed by atoms with Crippen molar-refractivity contribution in [1.82, 2.24) is 24.6 Å². The molecule has 1 aliphatic rings. The number of nitrogens with zero attached hydrogens (tertiary/aromatic N) is 4. The highest BCUT2D eigenvalue weighted by molar-refractivity contribution is 6.04. The molecule has 0 unspecified atom stereocenters. The molecule has 12 heteroatoms. The first-order chi connectivity index (χ1) is 17.2. The van der Waals surface area contributed by atoms with Gasteiger partial charge in [-0.25, -0.2) is 13.2 Å². The lowest BCUT2D eigenvalue weighted by Crippen LogP contribution is -2.38. The number of carbonyl (C=O) groups is 1. The van der Waals surface area contributed by atoms with Crippen LogP contribution in [-0.4, -0.2) is 49.4 Å². The minimum absolute atomic E-state index is 0.0256. The Labute approximate surface area is 202 Å². The SMILES string of the molecule is O=C(NCCn1cccn1)c1c(O)c2ncc(Cc3ccc(F)cc3)c3c2n(c1=O)CC(F)(F)CN3. The van der Waals surface area contributed by atoms with Crippen LogP contribution in [0.2, 0.25) is 0 Å². The molecular formula is C24H21F3N6O3. The predicted molar refractivity (Wildman–Crippen MR) is 125 cm³/mol. The van der Waals surface area contributed by atoms with Gasteiger partial charge in [-0.3, -0.25) is 23.8 Å². The van der Waals surface area contributed by atoms with E-state index in [9.17, 15) is 27.9 Å². The summed E-state index contributed by atoms with van der Waals surface area (Å²) in [5.41, 5.74) is -0.544. The van der Waals surface area contributed by atoms with E-state index in [1.165, 1.54) is 18.3 Å². The molecule has 1 amide bonds. The highest BCUT2D eigenvalue weighted by Crippen LogP contribution is 2.36. The molecule has 0 fully saturated rings. The number of hydrogen-bond acceptors (Lipinski definition) is 6. The van der Waals surface area contributed by atoms with Gasteiger partial charge in [-0.15, -0.1) is 0 Å². The quantitative estimate of drug-likeness (QED) is 0.377. The van der Waals surface area contributed by atoms with Gasteiger partial charge in [0.15, 0.2) is 5.75 Å². The van der Waals surface area contributed by atoms with Gasteiger partial charge >= 0.3 is 0 Å². The van der Waals surface area contributed by atoms with Gasteiger partial charge in [-0.1, -0.05) is 12.1 Å². The largest absolute Gasteiger partial charge is 0.505 e. The van der Waals surface area contributed by atoms with Crippen molar-refractivity contribution in [2.45, 2.75) is 25.4 Å². The molecule has 5 rings (SSSR count). The molecule has 0 bridgehead atoms. The number of aromatic nitrogens is 4. The number of carbonyl (C=O) groups excluding carboxylic acids is 1. The van der Waals surface area contributed by atoms with Crippen molar-refractivity contribution >= 4 is 22.6 Å². The van der Waals surface area contributed by atoms with Crippen LogP contribution >= 0.6 is 0 Å². The number of alkyl halides is 2. The number of aromatic hydroxyl groups is 1. The lowest BCUT2D eigenvalue weighted by atomic mass is 10.0. The summed E-state index contributed by atoms with van der Waals surface area (Å²) in [5.74, 6) is -5.34. The molecule has 9 nitrogen and oxygen atoms in total. The first-order valence-electron chi connectivity index (χ1n) is 11.1. The van der Waals surface area contributed by atoms with Gasteiger partial charge in [0, 0.05) is 37.1 Å². The van der Waals surface area contributed by atoms with Crippen LogP contribution in [0, 0.1) is 5.82 Å². The third-order valence-corrected chi connectivity index (χ3v) is 5.96. The lowest BCUT2D eigenvalue weighted by molar-refractivity contribution is -0.000937. The maximum absolute atomic E-state index is 14.7. The zero-order valence-corrected chi connectivity index (χ0v) is 18.8. The Morgan fingerprint density at radius 2 is 2.03 bits per heavy atom. The van der Waals surface area contributed by atoms with Crippen LogP contribution in [-0.2, 0) is 19.5 Å². The minimum atomic E-state index is -3.33. The second-order valence-corrected chi connectivity index (χ2v) is 8.51. The molecule has 0 aliphatic carbocycles. The Kier molecular flexibility index (Phi) is 5.86. The fourth-order valence-electron chi connectivity index (χ4n) is 4.25. The van der Waals surface area contributed by atoms with Gasteiger partial charge in [0.25, 0.3) is 17.4 Å². The summed E-state index contributed by atoms with van der Waals surface area (Å²) in [6.07, 6.45) is 4.85. The molecule has 0 saturated carbocycles. The lowest BCUT2D eigenvalue weighted by Gasteiger charge is -2.17. The maximum atomic E-state index is 14.7. The number of amides is 1. The first-order valence-corrected chi connectivity index (χ1v) is 11.1. The molecule has 4 heterocycles. The number of benzene rings is 1. The van der Waals surface area contributed by atoms with Gasteiger partial charge in [-0.2, -0.15) is 5.10 Å². The number of pyridine rings is 2. The van der Waals surface area contributed by atoms with Crippen molar-refractivity contribution in [2.75, 3.05) is 18.4 Å². The van der Waals surface area contributed by atoms with E-state index in [1.807, 2.05) is 0 Å². The van der Waals surface area contributed by atoms with Crippen LogP contribution in [0.25, 0.3) is 11.0 Å². The van der Waals surface area contributed by atoms with Gasteiger partial charge in [0.2, 0.25) is 0 Å². The monoisotopic (exact) mass is 498 g/mol. The molecule has 186 valence electrons. The van der Waals surface area contributed by atoms with Crippen LogP contribution in [0.15, 0.2) is 53.7 Å². The normalized spacial score (nSPS) is 14.3. The summed E-state index contributed by atoms with van der Waals surface area (Å²) in [5, 5.41) is 20.1. The molecule has 4 aromatic rings. The van der Waals surface area contributed by atoms with Crippen molar-refractivity contribution < 1.29 is 23.1 Å². The van der Waals surface area contributed by atoms with Crippen LogP contribution < -0.4 is 16.2 Å². The Morgan fingerprint density at radius 1 is 1.25 bits per heavy atom. The van der Waals surface area contributed by atoms with Gasteiger partial charge in [0.1, 0.15) is 16.9 Å². The van der Waals surface area contributed by atoms with E-state index in [-0.39, 0.29) is 29.7 Å². The second kappa shape index (κ2) is 9.02. The van der Waals surface area contributed by atoms with Gasteiger partial charge in [-0.05, 0) is 23.8 Å². The van der Waals surface area contributed by atoms with Gasteiger partial charge < -0.3 is 15.7 Å². The van der Waals surface area contributed by atoms with Crippen molar-refractivity contribution in [3.8, 4) is 5.75 Å². The van der Waals surface area contributed by atoms with Crippen molar-refractivity contribution in [3.05, 3.63) is 81.8 Å². The van der Waals surface area contributed by atoms with Crippen molar-refractivity contribution in [2.24, 2.45) is 0 Å². The third-order valence-electron chi connectivity index (χ3n) is 5.96. The number of anilines is 1. The maximum Gasteiger partial charge on any atom is 0.282 e. The fourth-order valence-corrected chi connectivity index (χ4v) is 4.25. The van der Waals surface area contributed by atoms with E-state index in [0.29, 0.717) is 17.7 Å². The van der Waals surface area contributed by atoms with Crippen LogP contribution in [0.4, 0.5) is 18.9 Å². The Hall–Kier alpha value is -4.35. The third kappa shape index (κ3) is 4.37. The minimum Gasteiger partial charge on any atom is -0.505 e. The number of nitrogens with one attached hydrogen (secondary N) is 2. The standard InChI is InChI=1S/C24H21F3N6O3/c25-16-4-2-14(3-5-16)10-15-11-29-19-20-18(15)30-12-24(26,27)13-33(20)23(36)17(21(19)34)22(35)28-7-9-32-8-1-6-31-32/h1-6,8,11,30,34H,7,9-10,12-13H2,(H,28,35). The molecule has 1 aliphatic heterocycles. The molecule has 0 spiro atoms. The zero-order valence-electron chi connectivity index (χ0n) is 18.8. The summed E-state index contributed by atoms with van der Waals surface area (Å²) >= 11 is 0. The Balaban J connectivity index is 1.58. The van der Waals surface area contributed by atoms with Crippen LogP contribution in [0.1, 0.15) is 21.5 Å². The molecule has 3 aromatic heterocycles. The highest BCUT2D eigenvalue weighted by Gasteiger charge is 2.37. The smallest absolute Gasteiger partial charge is 0.282 e. The first kappa shape index (κ1) is 23.4. The molecule has 0 radical (unpaired) electrons. The molecule has 1 aromatic carbocycles. The summed E-state index contributed by atoms with van der Waals surface area (Å²) < 4.78 is 45.0. The fraction of sp³-hybridized carbons (Fsp3) is 0.250. The molecular weight excluding hydrogens is 477 g/mol. The molecule has 0 atom stereocenters.